The van der Waals surface area contributed by atoms with Crippen molar-refractivity contribution in [3.8, 4) is 6.07 Å². The molecule has 1 saturated carbocycles. The highest BCUT2D eigenvalue weighted by atomic mass is 16.5. The highest BCUT2D eigenvalue weighted by Gasteiger charge is 2.26. The molecule has 186 valence electrons. The number of anilines is 2. The van der Waals surface area contributed by atoms with Crippen LogP contribution in [-0.2, 0) is 9.53 Å². The first kappa shape index (κ1) is 25.1. The van der Waals surface area contributed by atoms with E-state index in [0.717, 1.165) is 31.4 Å². The topological polar surface area (TPSA) is 115 Å². The van der Waals surface area contributed by atoms with Crippen molar-refractivity contribution in [3.05, 3.63) is 59.2 Å². The van der Waals surface area contributed by atoms with Gasteiger partial charge in [0.15, 0.2) is 5.78 Å². The lowest BCUT2D eigenvalue weighted by molar-refractivity contribution is -0.123. The maximum atomic E-state index is 13.1. The molecular weight excluding hydrogens is 456 g/mol. The average Bonchev–Trinajstić information content (AvgIpc) is 3.28. The van der Waals surface area contributed by atoms with Gasteiger partial charge in [-0.2, -0.15) is 5.26 Å². The first-order valence-corrected chi connectivity index (χ1v) is 12.2. The number of carbonyl (C=O) groups is 3. The van der Waals surface area contributed by atoms with Crippen molar-refractivity contribution in [1.29, 1.82) is 5.26 Å². The van der Waals surface area contributed by atoms with E-state index in [-0.39, 0.29) is 30.6 Å². The molecule has 0 bridgehead atoms. The third-order valence-electron chi connectivity index (χ3n) is 6.78. The van der Waals surface area contributed by atoms with Crippen LogP contribution in [0.5, 0.6) is 0 Å². The monoisotopic (exact) mass is 486 g/mol. The Morgan fingerprint density at radius 1 is 1.11 bits per heavy atom. The number of benzene rings is 2. The van der Waals surface area contributed by atoms with Gasteiger partial charge in [-0.05, 0) is 55.3 Å². The van der Waals surface area contributed by atoms with E-state index in [0.29, 0.717) is 33.4 Å². The molecule has 1 fully saturated rings. The van der Waals surface area contributed by atoms with Gasteiger partial charge in [0.2, 0.25) is 5.91 Å². The predicted molar refractivity (Wildman–Crippen MR) is 138 cm³/mol. The standard InChI is InChI=1S/C28H30N4O4/c1-32(28(35)20-6-4-3-5-7-20)21-12-13-22-23(16-21)30-26(25(22)24(33)14-15-36-2)31-27(34)19-10-8-18(17-29)9-11-19/h8-13,16,20,30H,3-7,14-15H2,1-2H3,(H,31,34). The number of aromatic amines is 1. The Bertz CT molecular complexity index is 1310. The summed E-state index contributed by atoms with van der Waals surface area (Å²) in [6.07, 6.45) is 5.32. The Morgan fingerprint density at radius 3 is 2.50 bits per heavy atom. The molecule has 0 aliphatic heterocycles. The number of H-pyrrole nitrogens is 1. The fourth-order valence-electron chi connectivity index (χ4n) is 4.73. The van der Waals surface area contributed by atoms with Crippen molar-refractivity contribution in [2.24, 2.45) is 5.92 Å². The maximum Gasteiger partial charge on any atom is 0.256 e. The van der Waals surface area contributed by atoms with Gasteiger partial charge in [-0.25, -0.2) is 0 Å². The second-order valence-corrected chi connectivity index (χ2v) is 9.15. The number of hydrogen-bond donors (Lipinski definition) is 2. The number of methoxy groups -OCH3 is 1. The van der Waals surface area contributed by atoms with Crippen molar-refractivity contribution >= 4 is 40.0 Å². The van der Waals surface area contributed by atoms with E-state index < -0.39 is 5.91 Å². The predicted octanol–water partition coefficient (Wildman–Crippen LogP) is 5.05. The molecule has 2 N–H and O–H groups in total. The number of rotatable bonds is 8. The summed E-state index contributed by atoms with van der Waals surface area (Å²) >= 11 is 0. The van der Waals surface area contributed by atoms with E-state index in [4.69, 9.17) is 10.00 Å². The van der Waals surface area contributed by atoms with Crippen LogP contribution in [0.4, 0.5) is 11.5 Å². The zero-order chi connectivity index (χ0) is 25.7. The zero-order valence-corrected chi connectivity index (χ0v) is 20.6. The third kappa shape index (κ3) is 5.31. The largest absolute Gasteiger partial charge is 0.384 e. The Morgan fingerprint density at radius 2 is 1.83 bits per heavy atom. The molecule has 0 spiro atoms. The van der Waals surface area contributed by atoms with E-state index in [1.54, 1.807) is 36.2 Å². The Kier molecular flexibility index (Phi) is 7.81. The van der Waals surface area contributed by atoms with E-state index in [1.165, 1.54) is 13.5 Å². The van der Waals surface area contributed by atoms with Crippen LogP contribution in [-0.4, -0.2) is 43.3 Å². The fraction of sp³-hybridized carbons (Fsp3) is 0.357. The average molecular weight is 487 g/mol. The second-order valence-electron chi connectivity index (χ2n) is 9.15. The molecule has 4 rings (SSSR count). The number of ketones is 1. The molecule has 36 heavy (non-hydrogen) atoms. The third-order valence-corrected chi connectivity index (χ3v) is 6.78. The minimum Gasteiger partial charge on any atom is -0.384 e. The maximum absolute atomic E-state index is 13.1. The molecule has 0 radical (unpaired) electrons. The molecule has 8 heteroatoms. The van der Waals surface area contributed by atoms with Crippen molar-refractivity contribution < 1.29 is 19.1 Å². The molecule has 1 aliphatic carbocycles. The summed E-state index contributed by atoms with van der Waals surface area (Å²) in [4.78, 5) is 43.9. The summed E-state index contributed by atoms with van der Waals surface area (Å²) in [7, 11) is 3.31. The van der Waals surface area contributed by atoms with Gasteiger partial charge < -0.3 is 19.9 Å². The highest BCUT2D eigenvalue weighted by Crippen LogP contribution is 2.32. The van der Waals surface area contributed by atoms with Crippen molar-refractivity contribution in [2.75, 3.05) is 31.0 Å². The van der Waals surface area contributed by atoms with Gasteiger partial charge in [0.05, 0.1) is 23.8 Å². The molecule has 1 aromatic heterocycles. The van der Waals surface area contributed by atoms with E-state index in [9.17, 15) is 14.4 Å². The lowest BCUT2D eigenvalue weighted by Gasteiger charge is -2.26. The second kappa shape index (κ2) is 11.2. The molecule has 2 aromatic carbocycles. The van der Waals surface area contributed by atoms with E-state index >= 15 is 0 Å². The number of ether oxygens (including phenoxy) is 1. The van der Waals surface area contributed by atoms with Gasteiger partial charge >= 0.3 is 0 Å². The summed E-state index contributed by atoms with van der Waals surface area (Å²) in [5, 5.41) is 12.5. The number of Topliss-reactive ketones (excluding diaryl/α,β-unsaturated/α-hetero) is 1. The number of nitrogens with zero attached hydrogens (tertiary/aromatic N) is 2. The molecule has 0 unspecified atom stereocenters. The Labute approximate surface area is 210 Å². The number of fused-ring (bicyclic) bond motifs is 1. The van der Waals surface area contributed by atoms with Crippen LogP contribution in [0.2, 0.25) is 0 Å². The summed E-state index contributed by atoms with van der Waals surface area (Å²) in [5.74, 6) is -0.143. The Hall–Kier alpha value is -3.96. The molecule has 2 amide bonds. The van der Waals surface area contributed by atoms with Crippen LogP contribution in [0.1, 0.15) is 64.8 Å². The summed E-state index contributed by atoms with van der Waals surface area (Å²) in [6, 6.07) is 13.8. The number of aromatic nitrogens is 1. The number of hydrogen-bond acceptors (Lipinski definition) is 5. The molecule has 0 atom stereocenters. The summed E-state index contributed by atoms with van der Waals surface area (Å²) in [5.41, 5.74) is 2.55. The number of nitrogens with one attached hydrogen (secondary N) is 2. The van der Waals surface area contributed by atoms with Crippen LogP contribution in [0.3, 0.4) is 0 Å². The number of amides is 2. The van der Waals surface area contributed by atoms with Crippen LogP contribution < -0.4 is 10.2 Å². The summed E-state index contributed by atoms with van der Waals surface area (Å²) < 4.78 is 5.08. The molecular formula is C28H30N4O4. The molecule has 0 saturated heterocycles. The van der Waals surface area contributed by atoms with Crippen LogP contribution in [0.25, 0.3) is 10.9 Å². The van der Waals surface area contributed by atoms with Crippen molar-refractivity contribution in [2.45, 2.75) is 38.5 Å². The molecule has 3 aromatic rings. The number of nitriles is 1. The normalized spacial score (nSPS) is 13.8. The minimum atomic E-state index is -0.406. The first-order valence-electron chi connectivity index (χ1n) is 12.2. The lowest BCUT2D eigenvalue weighted by atomic mass is 9.88. The van der Waals surface area contributed by atoms with Gasteiger partial charge in [-0.3, -0.25) is 14.4 Å². The fourth-order valence-corrected chi connectivity index (χ4v) is 4.73. The van der Waals surface area contributed by atoms with E-state index in [1.807, 2.05) is 24.3 Å². The summed E-state index contributed by atoms with van der Waals surface area (Å²) in [6.45, 7) is 0.255. The van der Waals surface area contributed by atoms with Crippen molar-refractivity contribution in [1.82, 2.24) is 4.98 Å². The van der Waals surface area contributed by atoms with Gasteiger partial charge in [0.25, 0.3) is 5.91 Å². The molecule has 8 nitrogen and oxygen atoms in total. The lowest BCUT2D eigenvalue weighted by Crippen LogP contribution is -2.33. The minimum absolute atomic E-state index is 0.0385. The SMILES string of the molecule is COCCC(=O)c1c(NC(=O)c2ccc(C#N)cc2)[nH]c2cc(N(C)C(=O)C3CCCCC3)ccc12. The molecule has 1 aliphatic rings. The smallest absolute Gasteiger partial charge is 0.256 e. The zero-order valence-electron chi connectivity index (χ0n) is 20.6. The van der Waals surface area contributed by atoms with Gasteiger partial charge in [-0.1, -0.05) is 19.3 Å². The Balaban J connectivity index is 1.66. The van der Waals surface area contributed by atoms with Gasteiger partial charge in [-0.15, -0.1) is 0 Å². The van der Waals surface area contributed by atoms with Gasteiger partial charge in [0, 0.05) is 48.6 Å². The van der Waals surface area contributed by atoms with Crippen LogP contribution in [0.15, 0.2) is 42.5 Å². The van der Waals surface area contributed by atoms with E-state index in [2.05, 4.69) is 10.3 Å². The molecule has 1 heterocycles. The number of carbonyl (C=O) groups excluding carboxylic acids is 3. The quantitative estimate of drug-likeness (QED) is 0.432. The van der Waals surface area contributed by atoms with Crippen molar-refractivity contribution in [3.63, 3.8) is 0 Å². The van der Waals surface area contributed by atoms with Crippen LogP contribution >= 0.6 is 0 Å². The first-order chi connectivity index (χ1) is 17.4. The van der Waals surface area contributed by atoms with Gasteiger partial charge in [0.1, 0.15) is 5.82 Å². The highest BCUT2D eigenvalue weighted by molar-refractivity contribution is 6.16. The van der Waals surface area contributed by atoms with Crippen LogP contribution in [0, 0.1) is 17.2 Å².